The number of hydrogen-bond donors (Lipinski definition) is 3. The van der Waals surface area contributed by atoms with Crippen molar-refractivity contribution < 1.29 is 17.6 Å². The second-order valence-electron chi connectivity index (χ2n) is 5.68. The van der Waals surface area contributed by atoms with Crippen LogP contribution in [0.15, 0.2) is 47.4 Å². The maximum Gasteiger partial charge on any atom is 0.240 e. The van der Waals surface area contributed by atoms with Gasteiger partial charge >= 0.3 is 0 Å². The summed E-state index contributed by atoms with van der Waals surface area (Å²) in [5.74, 6) is -1.20. The van der Waals surface area contributed by atoms with E-state index in [9.17, 15) is 17.6 Å². The summed E-state index contributed by atoms with van der Waals surface area (Å²) in [5.41, 5.74) is 7.30. The van der Waals surface area contributed by atoms with Gasteiger partial charge in [-0.25, -0.2) is 17.5 Å². The normalized spacial score (nSPS) is 12.6. The zero-order chi connectivity index (χ0) is 18.6. The van der Waals surface area contributed by atoms with Gasteiger partial charge in [0.15, 0.2) is 0 Å². The van der Waals surface area contributed by atoms with Crippen LogP contribution in [0, 0.1) is 5.82 Å². The van der Waals surface area contributed by atoms with Gasteiger partial charge in [-0.15, -0.1) is 0 Å². The Labute approximate surface area is 146 Å². The maximum absolute atomic E-state index is 13.6. The second-order valence-corrected chi connectivity index (χ2v) is 7.44. The molecule has 0 fully saturated rings. The number of nitrogens with one attached hydrogen (secondary N) is 2. The Morgan fingerprint density at radius 3 is 2.40 bits per heavy atom. The summed E-state index contributed by atoms with van der Waals surface area (Å²) in [6.45, 7) is 3.15. The average molecular weight is 365 g/mol. The zero-order valence-electron chi connectivity index (χ0n) is 13.9. The molecule has 0 saturated heterocycles. The first-order valence-electron chi connectivity index (χ1n) is 7.60. The van der Waals surface area contributed by atoms with E-state index in [1.165, 1.54) is 6.92 Å². The van der Waals surface area contributed by atoms with Crippen molar-refractivity contribution in [3.8, 4) is 0 Å². The van der Waals surface area contributed by atoms with Gasteiger partial charge < -0.3 is 11.1 Å². The molecule has 2 aromatic carbocycles. The number of anilines is 1. The summed E-state index contributed by atoms with van der Waals surface area (Å²) in [7, 11) is -3.85. The van der Waals surface area contributed by atoms with Gasteiger partial charge in [-0.05, 0) is 36.2 Å². The number of sulfonamides is 1. The van der Waals surface area contributed by atoms with Gasteiger partial charge in [0.2, 0.25) is 15.9 Å². The van der Waals surface area contributed by atoms with E-state index in [1.54, 1.807) is 12.1 Å². The minimum absolute atomic E-state index is 0.0778. The number of halogens is 1. The van der Waals surface area contributed by atoms with Crippen molar-refractivity contribution in [2.75, 3.05) is 5.32 Å². The minimum atomic E-state index is -3.85. The van der Waals surface area contributed by atoms with E-state index in [2.05, 4.69) is 10.0 Å². The predicted octanol–water partition coefficient (Wildman–Crippen LogP) is 2.28. The molecule has 4 N–H and O–H groups in total. The number of rotatable bonds is 6. The summed E-state index contributed by atoms with van der Waals surface area (Å²) < 4.78 is 40.8. The fourth-order valence-corrected chi connectivity index (χ4v) is 3.20. The molecule has 0 aliphatic carbocycles. The first kappa shape index (κ1) is 19.0. The minimum Gasteiger partial charge on any atom is -0.324 e. The topological polar surface area (TPSA) is 101 Å². The molecule has 0 spiro atoms. The van der Waals surface area contributed by atoms with Crippen LogP contribution in [0.5, 0.6) is 0 Å². The number of hydrogen-bond acceptors (Lipinski definition) is 4. The highest BCUT2D eigenvalue weighted by molar-refractivity contribution is 7.89. The lowest BCUT2D eigenvalue weighted by Gasteiger charge is -2.11. The molecule has 6 nitrogen and oxygen atoms in total. The van der Waals surface area contributed by atoms with Crippen LogP contribution >= 0.6 is 0 Å². The smallest absolute Gasteiger partial charge is 0.240 e. The molecule has 0 aliphatic rings. The van der Waals surface area contributed by atoms with Crippen molar-refractivity contribution in [3.05, 3.63) is 59.4 Å². The molecule has 2 rings (SSSR count). The number of benzene rings is 2. The van der Waals surface area contributed by atoms with Crippen LogP contribution in [0.4, 0.5) is 10.1 Å². The molecule has 25 heavy (non-hydrogen) atoms. The lowest BCUT2D eigenvalue weighted by Crippen LogP contribution is -2.23. The molecule has 1 amide bonds. The standard InChI is InChI=1S/C17H20FN3O3S/c1-11(19)14-5-3-13(4-6-14)10-20-25(23,24)15-7-8-16(18)17(9-15)21-12(2)22/h3-9,11,20H,10,19H2,1-2H3,(H,21,22). The third kappa shape index (κ3) is 5.09. The number of amides is 1. The summed E-state index contributed by atoms with van der Waals surface area (Å²) in [5, 5.41) is 2.26. The molecule has 0 saturated carbocycles. The maximum atomic E-state index is 13.6. The molecular weight excluding hydrogens is 345 g/mol. The number of nitrogens with two attached hydrogens (primary N) is 1. The second kappa shape index (κ2) is 7.73. The number of carbonyl (C=O) groups is 1. The highest BCUT2D eigenvalue weighted by atomic mass is 32.2. The predicted molar refractivity (Wildman–Crippen MR) is 93.8 cm³/mol. The van der Waals surface area contributed by atoms with Crippen molar-refractivity contribution in [2.45, 2.75) is 31.3 Å². The van der Waals surface area contributed by atoms with E-state index >= 15 is 0 Å². The Morgan fingerprint density at radius 2 is 1.84 bits per heavy atom. The van der Waals surface area contributed by atoms with E-state index in [1.807, 2.05) is 19.1 Å². The average Bonchev–Trinajstić information content (AvgIpc) is 2.55. The van der Waals surface area contributed by atoms with Crippen molar-refractivity contribution in [3.63, 3.8) is 0 Å². The van der Waals surface area contributed by atoms with Crippen LogP contribution in [-0.4, -0.2) is 14.3 Å². The molecule has 1 unspecified atom stereocenters. The highest BCUT2D eigenvalue weighted by Gasteiger charge is 2.16. The molecule has 134 valence electrons. The Hall–Kier alpha value is -2.29. The summed E-state index contributed by atoms with van der Waals surface area (Å²) in [6, 6.07) is 10.4. The van der Waals surface area contributed by atoms with E-state index < -0.39 is 21.7 Å². The van der Waals surface area contributed by atoms with Gasteiger partial charge in [0, 0.05) is 19.5 Å². The van der Waals surface area contributed by atoms with Crippen LogP contribution in [0.2, 0.25) is 0 Å². The summed E-state index contributed by atoms with van der Waals surface area (Å²) in [6.07, 6.45) is 0. The quantitative estimate of drug-likeness (QED) is 0.731. The van der Waals surface area contributed by atoms with Crippen LogP contribution in [-0.2, 0) is 21.4 Å². The molecule has 2 aromatic rings. The van der Waals surface area contributed by atoms with Crippen molar-refractivity contribution in [1.82, 2.24) is 4.72 Å². The van der Waals surface area contributed by atoms with E-state index in [0.29, 0.717) is 0 Å². The molecule has 1 atom stereocenters. The van der Waals surface area contributed by atoms with Gasteiger partial charge in [0.1, 0.15) is 5.82 Å². The van der Waals surface area contributed by atoms with Crippen LogP contribution < -0.4 is 15.8 Å². The lowest BCUT2D eigenvalue weighted by atomic mass is 10.1. The lowest BCUT2D eigenvalue weighted by molar-refractivity contribution is -0.114. The highest BCUT2D eigenvalue weighted by Crippen LogP contribution is 2.20. The van der Waals surface area contributed by atoms with E-state index in [-0.39, 0.29) is 23.2 Å². The van der Waals surface area contributed by atoms with Gasteiger partial charge in [-0.2, -0.15) is 0 Å². The van der Waals surface area contributed by atoms with Crippen LogP contribution in [0.3, 0.4) is 0 Å². The largest absolute Gasteiger partial charge is 0.324 e. The van der Waals surface area contributed by atoms with Crippen LogP contribution in [0.25, 0.3) is 0 Å². The van der Waals surface area contributed by atoms with E-state index in [0.717, 1.165) is 29.3 Å². The zero-order valence-corrected chi connectivity index (χ0v) is 14.7. The summed E-state index contributed by atoms with van der Waals surface area (Å²) in [4.78, 5) is 10.9. The molecule has 0 heterocycles. The fraction of sp³-hybridized carbons (Fsp3) is 0.235. The van der Waals surface area contributed by atoms with Gasteiger partial charge in [0.05, 0.1) is 10.6 Å². The molecule has 0 aromatic heterocycles. The SMILES string of the molecule is CC(=O)Nc1cc(S(=O)(=O)NCc2ccc(C(C)N)cc2)ccc1F. The fourth-order valence-electron chi connectivity index (χ4n) is 2.16. The molecule has 0 bridgehead atoms. The summed E-state index contributed by atoms with van der Waals surface area (Å²) >= 11 is 0. The molecule has 0 radical (unpaired) electrons. The Morgan fingerprint density at radius 1 is 1.20 bits per heavy atom. The van der Waals surface area contributed by atoms with E-state index in [4.69, 9.17) is 5.73 Å². The monoisotopic (exact) mass is 365 g/mol. The molecule has 8 heteroatoms. The Balaban J connectivity index is 2.14. The van der Waals surface area contributed by atoms with Gasteiger partial charge in [-0.1, -0.05) is 24.3 Å². The number of carbonyl (C=O) groups excluding carboxylic acids is 1. The third-order valence-electron chi connectivity index (χ3n) is 3.53. The third-order valence-corrected chi connectivity index (χ3v) is 4.93. The van der Waals surface area contributed by atoms with Gasteiger partial charge in [0.25, 0.3) is 0 Å². The van der Waals surface area contributed by atoms with Crippen LogP contribution in [0.1, 0.15) is 31.0 Å². The van der Waals surface area contributed by atoms with Gasteiger partial charge in [-0.3, -0.25) is 4.79 Å². The first-order chi connectivity index (χ1) is 11.7. The Kier molecular flexibility index (Phi) is 5.89. The van der Waals surface area contributed by atoms with Crippen molar-refractivity contribution in [1.29, 1.82) is 0 Å². The molecule has 0 aliphatic heterocycles. The van der Waals surface area contributed by atoms with Crippen molar-refractivity contribution >= 4 is 21.6 Å². The Bertz CT molecular complexity index is 865. The first-order valence-corrected chi connectivity index (χ1v) is 9.08. The van der Waals surface area contributed by atoms with Crippen molar-refractivity contribution in [2.24, 2.45) is 5.73 Å². The molecular formula is C17H20FN3O3S.